The molecule has 1 fully saturated rings. The van der Waals surface area contributed by atoms with Gasteiger partial charge in [-0.3, -0.25) is 4.79 Å². The molecule has 1 aliphatic heterocycles. The minimum Gasteiger partial charge on any atom is -0.274 e. The summed E-state index contributed by atoms with van der Waals surface area (Å²) in [6.45, 7) is 2.07. The summed E-state index contributed by atoms with van der Waals surface area (Å²) in [4.78, 5) is 11.2. The lowest BCUT2D eigenvalue weighted by Crippen LogP contribution is -2.33. The Labute approximate surface area is 80.1 Å². The van der Waals surface area contributed by atoms with Crippen molar-refractivity contribution in [1.29, 1.82) is 0 Å². The number of alkyl halides is 1. The zero-order valence-corrected chi connectivity index (χ0v) is 9.06. The highest BCUT2D eigenvalue weighted by Crippen LogP contribution is 2.21. The minimum absolute atomic E-state index is 0.154. The summed E-state index contributed by atoms with van der Waals surface area (Å²) in [5, 5.41) is 0. The summed E-state index contributed by atoms with van der Waals surface area (Å²) >= 11 is 2.85. The summed E-state index contributed by atoms with van der Waals surface area (Å²) in [7, 11) is -3.38. The molecule has 1 heterocycles. The molecular formula is C6H10BrNO3S. The Morgan fingerprint density at radius 1 is 1.67 bits per heavy atom. The molecule has 1 aliphatic rings. The molecule has 0 radical (unpaired) electrons. The second kappa shape index (κ2) is 3.33. The second-order valence-electron chi connectivity index (χ2n) is 2.82. The van der Waals surface area contributed by atoms with Gasteiger partial charge in [0, 0.05) is 12.5 Å². The summed E-state index contributed by atoms with van der Waals surface area (Å²) in [5.74, 6) is -0.437. The van der Waals surface area contributed by atoms with Crippen LogP contribution in [-0.2, 0) is 14.8 Å². The van der Waals surface area contributed by atoms with Crippen LogP contribution in [0.1, 0.15) is 13.3 Å². The maximum Gasteiger partial charge on any atom is 0.247 e. The highest BCUT2D eigenvalue weighted by Gasteiger charge is 2.35. The molecule has 0 spiro atoms. The van der Waals surface area contributed by atoms with E-state index >= 15 is 0 Å². The fraction of sp³-hybridized carbons (Fsp3) is 0.833. The predicted molar refractivity (Wildman–Crippen MR) is 48.2 cm³/mol. The lowest BCUT2D eigenvalue weighted by atomic mass is 10.1. The number of hydrogen-bond donors (Lipinski definition) is 0. The molecule has 0 aromatic carbocycles. The largest absolute Gasteiger partial charge is 0.274 e. The van der Waals surface area contributed by atoms with Gasteiger partial charge in [-0.1, -0.05) is 22.9 Å². The Kier molecular flexibility index (Phi) is 2.77. The van der Waals surface area contributed by atoms with Crippen molar-refractivity contribution < 1.29 is 13.2 Å². The van der Waals surface area contributed by atoms with Gasteiger partial charge in [0.2, 0.25) is 15.9 Å². The molecule has 12 heavy (non-hydrogen) atoms. The fourth-order valence-electron chi connectivity index (χ4n) is 1.13. The van der Waals surface area contributed by atoms with Crippen LogP contribution in [-0.4, -0.2) is 29.8 Å². The van der Waals surface area contributed by atoms with Crippen LogP contribution in [0.25, 0.3) is 0 Å². The maximum absolute atomic E-state index is 11.2. The maximum atomic E-state index is 11.2. The molecular weight excluding hydrogens is 246 g/mol. The Bertz CT molecular complexity index is 287. The standard InChI is InChI=1S/C6H10BrNO3S/c1-5-2-3-8(6(5)9)12(10,11)4-7/h5H,2-4H2,1H3. The SMILES string of the molecule is CC1CCN(S(=O)(=O)CBr)C1=O. The Balaban J connectivity index is 2.86. The van der Waals surface area contributed by atoms with Crippen LogP contribution in [0.15, 0.2) is 0 Å². The highest BCUT2D eigenvalue weighted by atomic mass is 79.9. The average Bonchev–Trinajstić information content (AvgIpc) is 2.33. The molecule has 0 bridgehead atoms. The summed E-state index contributed by atoms with van der Waals surface area (Å²) in [6, 6.07) is 0. The third-order valence-corrected chi connectivity index (χ3v) is 4.95. The molecule has 1 unspecified atom stereocenters. The van der Waals surface area contributed by atoms with Crippen molar-refractivity contribution in [3.05, 3.63) is 0 Å². The Morgan fingerprint density at radius 2 is 2.25 bits per heavy atom. The molecule has 1 saturated heterocycles. The van der Waals surface area contributed by atoms with Gasteiger partial charge < -0.3 is 0 Å². The van der Waals surface area contributed by atoms with Gasteiger partial charge in [0.1, 0.15) is 4.66 Å². The molecule has 70 valence electrons. The fourth-order valence-corrected chi connectivity index (χ4v) is 2.82. The molecule has 0 saturated carbocycles. The summed E-state index contributed by atoms with van der Waals surface area (Å²) in [6.07, 6.45) is 0.630. The van der Waals surface area contributed by atoms with E-state index in [0.29, 0.717) is 13.0 Å². The lowest BCUT2D eigenvalue weighted by Gasteiger charge is -2.13. The first kappa shape index (κ1) is 9.98. The number of amides is 1. The van der Waals surface area contributed by atoms with Gasteiger partial charge in [-0.15, -0.1) is 0 Å². The molecule has 0 aliphatic carbocycles. The second-order valence-corrected chi connectivity index (χ2v) is 6.02. The van der Waals surface area contributed by atoms with Crippen molar-refractivity contribution >= 4 is 31.9 Å². The Hall–Kier alpha value is -0.100. The minimum atomic E-state index is -3.38. The Morgan fingerprint density at radius 3 is 2.58 bits per heavy atom. The quantitative estimate of drug-likeness (QED) is 0.677. The van der Waals surface area contributed by atoms with Crippen molar-refractivity contribution in [2.75, 3.05) is 11.2 Å². The van der Waals surface area contributed by atoms with E-state index in [0.717, 1.165) is 4.31 Å². The van der Waals surface area contributed by atoms with E-state index in [9.17, 15) is 13.2 Å². The average molecular weight is 256 g/mol. The predicted octanol–water partition coefficient (Wildman–Crippen LogP) is 0.537. The van der Waals surface area contributed by atoms with E-state index < -0.39 is 10.0 Å². The smallest absolute Gasteiger partial charge is 0.247 e. The van der Waals surface area contributed by atoms with Gasteiger partial charge in [0.25, 0.3) is 0 Å². The number of carbonyl (C=O) groups is 1. The third-order valence-electron chi connectivity index (χ3n) is 1.91. The van der Waals surface area contributed by atoms with E-state index in [4.69, 9.17) is 0 Å². The van der Waals surface area contributed by atoms with Crippen LogP contribution in [0, 0.1) is 5.92 Å². The summed E-state index contributed by atoms with van der Waals surface area (Å²) in [5.41, 5.74) is 0. The molecule has 0 aromatic heterocycles. The van der Waals surface area contributed by atoms with Crippen molar-refractivity contribution in [3.63, 3.8) is 0 Å². The van der Waals surface area contributed by atoms with Crippen molar-refractivity contribution in [2.24, 2.45) is 5.92 Å². The molecule has 1 rings (SSSR count). The summed E-state index contributed by atoms with van der Waals surface area (Å²) < 4.78 is 23.2. The number of hydrogen-bond acceptors (Lipinski definition) is 3. The van der Waals surface area contributed by atoms with Crippen molar-refractivity contribution in [1.82, 2.24) is 4.31 Å². The van der Waals surface area contributed by atoms with Gasteiger partial charge in [-0.25, -0.2) is 12.7 Å². The monoisotopic (exact) mass is 255 g/mol. The number of sulfonamides is 1. The van der Waals surface area contributed by atoms with E-state index in [-0.39, 0.29) is 16.5 Å². The van der Waals surface area contributed by atoms with Crippen molar-refractivity contribution in [2.45, 2.75) is 13.3 Å². The van der Waals surface area contributed by atoms with Gasteiger partial charge in [0.05, 0.1) is 0 Å². The van der Waals surface area contributed by atoms with Crippen LogP contribution in [0.3, 0.4) is 0 Å². The zero-order valence-electron chi connectivity index (χ0n) is 6.66. The van der Waals surface area contributed by atoms with Crippen LogP contribution in [0.5, 0.6) is 0 Å². The first-order valence-electron chi connectivity index (χ1n) is 3.59. The topological polar surface area (TPSA) is 54.5 Å². The van der Waals surface area contributed by atoms with E-state index in [1.54, 1.807) is 6.92 Å². The van der Waals surface area contributed by atoms with Gasteiger partial charge in [-0.05, 0) is 6.42 Å². The third kappa shape index (κ3) is 1.64. The first-order chi connectivity index (χ1) is 5.49. The number of nitrogens with zero attached hydrogens (tertiary/aromatic N) is 1. The van der Waals surface area contributed by atoms with E-state index in [1.165, 1.54) is 0 Å². The molecule has 0 aromatic rings. The molecule has 1 amide bonds. The van der Waals surface area contributed by atoms with Crippen LogP contribution in [0.4, 0.5) is 0 Å². The van der Waals surface area contributed by atoms with Crippen LogP contribution < -0.4 is 0 Å². The normalized spacial score (nSPS) is 25.0. The van der Waals surface area contributed by atoms with Crippen LogP contribution in [0.2, 0.25) is 0 Å². The number of rotatable bonds is 2. The van der Waals surface area contributed by atoms with Crippen molar-refractivity contribution in [3.8, 4) is 0 Å². The number of carbonyl (C=O) groups excluding carboxylic acids is 1. The first-order valence-corrected chi connectivity index (χ1v) is 6.32. The van der Waals surface area contributed by atoms with Gasteiger partial charge >= 0.3 is 0 Å². The number of halogens is 1. The zero-order chi connectivity index (χ0) is 9.35. The lowest BCUT2D eigenvalue weighted by molar-refractivity contribution is -0.126. The molecule has 6 heteroatoms. The van der Waals surface area contributed by atoms with E-state index in [1.807, 2.05) is 0 Å². The highest BCUT2D eigenvalue weighted by molar-refractivity contribution is 9.10. The molecule has 1 atom stereocenters. The van der Waals surface area contributed by atoms with Gasteiger partial charge in [-0.2, -0.15) is 0 Å². The van der Waals surface area contributed by atoms with Gasteiger partial charge in [0.15, 0.2) is 0 Å². The van der Waals surface area contributed by atoms with E-state index in [2.05, 4.69) is 15.9 Å². The molecule has 4 nitrogen and oxygen atoms in total. The van der Waals surface area contributed by atoms with Crippen LogP contribution >= 0.6 is 15.9 Å². The molecule has 0 N–H and O–H groups in total.